The molecule has 0 amide bonds. The van der Waals surface area contributed by atoms with Crippen molar-refractivity contribution in [2.24, 2.45) is 0 Å². The summed E-state index contributed by atoms with van der Waals surface area (Å²) in [5.74, 6) is 0. The van der Waals surface area contributed by atoms with Crippen LogP contribution in [0, 0.1) is 0 Å². The van der Waals surface area contributed by atoms with Crippen molar-refractivity contribution in [3.8, 4) is 0 Å². The minimum absolute atomic E-state index is 0.210. The number of rotatable bonds is 3. The Balaban J connectivity index is 2.47. The summed E-state index contributed by atoms with van der Waals surface area (Å²) in [5.41, 5.74) is 0. The van der Waals surface area contributed by atoms with Gasteiger partial charge in [-0.3, -0.25) is 4.79 Å². The molecule has 0 saturated heterocycles. The second-order valence-electron chi connectivity index (χ2n) is 1.96. The van der Waals surface area contributed by atoms with Gasteiger partial charge in [0.05, 0.1) is 11.0 Å². The maximum Gasteiger partial charge on any atom is 0.222 e. The van der Waals surface area contributed by atoms with Gasteiger partial charge in [-0.15, -0.1) is 11.3 Å². The molecular weight excluding hydrogens is 146 g/mol. The van der Waals surface area contributed by atoms with E-state index in [-0.39, 0.29) is 6.04 Å². The first-order chi connectivity index (χ1) is 4.83. The number of anilines is 1. The van der Waals surface area contributed by atoms with E-state index in [1.54, 1.807) is 18.3 Å². The molecule has 1 heterocycles. The number of carbonyl (C=O) groups excluding carboxylic acids is 1. The highest BCUT2D eigenvalue weighted by Gasteiger charge is 1.98. The number of nitrogens with one attached hydrogen (secondary N) is 1. The van der Waals surface area contributed by atoms with E-state index in [0.29, 0.717) is 0 Å². The van der Waals surface area contributed by atoms with Crippen LogP contribution in [0.25, 0.3) is 0 Å². The van der Waals surface area contributed by atoms with Gasteiger partial charge in [-0.25, -0.2) is 0 Å². The normalized spacial score (nSPS) is 12.5. The Bertz CT molecular complexity index is 195. The molecule has 0 aromatic carbocycles. The van der Waals surface area contributed by atoms with Crippen molar-refractivity contribution in [2.75, 3.05) is 5.32 Å². The van der Waals surface area contributed by atoms with Crippen LogP contribution in [-0.2, 0) is 4.79 Å². The van der Waals surface area contributed by atoms with Crippen molar-refractivity contribution in [3.63, 3.8) is 0 Å². The van der Waals surface area contributed by atoms with Crippen molar-refractivity contribution in [2.45, 2.75) is 13.0 Å². The van der Waals surface area contributed by atoms with Crippen LogP contribution in [0.1, 0.15) is 6.92 Å². The largest absolute Gasteiger partial charge is 0.367 e. The molecule has 1 radical (unpaired) electrons. The third kappa shape index (κ3) is 1.84. The van der Waals surface area contributed by atoms with Crippen LogP contribution in [-0.4, -0.2) is 12.3 Å². The molecule has 0 aliphatic heterocycles. The first-order valence-corrected chi connectivity index (χ1v) is 3.88. The summed E-state index contributed by atoms with van der Waals surface area (Å²) in [7, 11) is 0. The molecule has 0 saturated carbocycles. The van der Waals surface area contributed by atoms with Gasteiger partial charge in [-0.05, 0) is 24.4 Å². The fraction of sp³-hybridized carbons (Fsp3) is 0.286. The Morgan fingerprint density at radius 3 is 3.10 bits per heavy atom. The Morgan fingerprint density at radius 2 is 2.60 bits per heavy atom. The van der Waals surface area contributed by atoms with E-state index in [0.717, 1.165) is 5.00 Å². The standard InChI is InChI=1S/C7H8NOS/c1-6(5-9)8-7-3-2-4-10-7/h2-4,6,8H,1H3/t6-/m0/s1. The zero-order valence-electron chi connectivity index (χ0n) is 5.63. The van der Waals surface area contributed by atoms with E-state index < -0.39 is 0 Å². The minimum atomic E-state index is -0.210. The predicted octanol–water partition coefficient (Wildman–Crippen LogP) is 1.66. The first-order valence-electron chi connectivity index (χ1n) is 3.00. The van der Waals surface area contributed by atoms with Crippen LogP contribution < -0.4 is 5.32 Å². The molecule has 0 spiro atoms. The molecule has 1 N–H and O–H groups in total. The second-order valence-corrected chi connectivity index (χ2v) is 2.91. The molecule has 0 bridgehead atoms. The van der Waals surface area contributed by atoms with Gasteiger partial charge in [0.1, 0.15) is 0 Å². The van der Waals surface area contributed by atoms with Gasteiger partial charge in [0.2, 0.25) is 6.29 Å². The van der Waals surface area contributed by atoms with Crippen LogP contribution >= 0.6 is 11.3 Å². The Labute approximate surface area is 63.9 Å². The first kappa shape index (κ1) is 7.28. The quantitative estimate of drug-likeness (QED) is 0.717. The topological polar surface area (TPSA) is 29.1 Å². The highest BCUT2D eigenvalue weighted by Crippen LogP contribution is 2.15. The fourth-order valence-electron chi connectivity index (χ4n) is 0.604. The summed E-state index contributed by atoms with van der Waals surface area (Å²) in [4.78, 5) is 10.0. The molecule has 0 unspecified atom stereocenters. The SMILES string of the molecule is C[C@@H]([C]=O)Nc1cccs1. The van der Waals surface area contributed by atoms with Crippen LogP contribution in [0.5, 0.6) is 0 Å². The van der Waals surface area contributed by atoms with Crippen LogP contribution in [0.3, 0.4) is 0 Å². The van der Waals surface area contributed by atoms with Gasteiger partial charge in [-0.2, -0.15) is 0 Å². The van der Waals surface area contributed by atoms with Crippen molar-refractivity contribution < 1.29 is 4.79 Å². The monoisotopic (exact) mass is 154 g/mol. The van der Waals surface area contributed by atoms with E-state index in [9.17, 15) is 4.79 Å². The highest BCUT2D eigenvalue weighted by molar-refractivity contribution is 7.14. The second kappa shape index (κ2) is 3.37. The van der Waals surface area contributed by atoms with Crippen LogP contribution in [0.4, 0.5) is 5.00 Å². The lowest BCUT2D eigenvalue weighted by atomic mass is 10.4. The molecule has 1 atom stereocenters. The Kier molecular flexibility index (Phi) is 2.45. The van der Waals surface area contributed by atoms with Crippen LogP contribution in [0.2, 0.25) is 0 Å². The third-order valence-electron chi connectivity index (χ3n) is 1.06. The van der Waals surface area contributed by atoms with E-state index >= 15 is 0 Å². The average molecular weight is 154 g/mol. The van der Waals surface area contributed by atoms with E-state index in [2.05, 4.69) is 5.32 Å². The molecule has 3 heteroatoms. The number of hydrogen-bond acceptors (Lipinski definition) is 3. The van der Waals surface area contributed by atoms with Gasteiger partial charge in [0.25, 0.3) is 0 Å². The maximum absolute atomic E-state index is 10.0. The van der Waals surface area contributed by atoms with Gasteiger partial charge in [0, 0.05) is 0 Å². The zero-order chi connectivity index (χ0) is 7.40. The van der Waals surface area contributed by atoms with Gasteiger partial charge >= 0.3 is 0 Å². The zero-order valence-corrected chi connectivity index (χ0v) is 6.44. The molecule has 10 heavy (non-hydrogen) atoms. The van der Waals surface area contributed by atoms with Crippen molar-refractivity contribution in [1.82, 2.24) is 0 Å². The lowest BCUT2D eigenvalue weighted by molar-refractivity contribution is 0.549. The van der Waals surface area contributed by atoms with Gasteiger partial charge in [0.15, 0.2) is 0 Å². The smallest absolute Gasteiger partial charge is 0.222 e. The molecule has 2 nitrogen and oxygen atoms in total. The summed E-state index contributed by atoms with van der Waals surface area (Å²) >= 11 is 1.58. The van der Waals surface area contributed by atoms with Crippen molar-refractivity contribution in [3.05, 3.63) is 17.5 Å². The molecular formula is C7H8NOS. The molecule has 1 aromatic heterocycles. The lowest BCUT2D eigenvalue weighted by Gasteiger charge is -2.02. The highest BCUT2D eigenvalue weighted by atomic mass is 32.1. The molecule has 1 rings (SSSR count). The summed E-state index contributed by atoms with van der Waals surface area (Å²) < 4.78 is 0. The van der Waals surface area contributed by atoms with Gasteiger partial charge in [-0.1, -0.05) is 0 Å². The average Bonchev–Trinajstić information content (AvgIpc) is 2.40. The summed E-state index contributed by atoms with van der Waals surface area (Å²) in [6, 6.07) is 3.65. The minimum Gasteiger partial charge on any atom is -0.367 e. The summed E-state index contributed by atoms with van der Waals surface area (Å²) in [5, 5.41) is 5.93. The lowest BCUT2D eigenvalue weighted by Crippen LogP contribution is -2.14. The van der Waals surface area contributed by atoms with Crippen molar-refractivity contribution >= 4 is 22.6 Å². The summed E-state index contributed by atoms with van der Waals surface area (Å²) in [6.45, 7) is 1.77. The van der Waals surface area contributed by atoms with E-state index in [1.165, 1.54) is 0 Å². The van der Waals surface area contributed by atoms with Crippen molar-refractivity contribution in [1.29, 1.82) is 0 Å². The molecule has 0 aliphatic carbocycles. The summed E-state index contributed by atoms with van der Waals surface area (Å²) in [6.07, 6.45) is 1.85. The van der Waals surface area contributed by atoms with E-state index in [1.807, 2.05) is 23.8 Å². The molecule has 1 aromatic rings. The van der Waals surface area contributed by atoms with Gasteiger partial charge < -0.3 is 5.32 Å². The molecule has 0 aliphatic rings. The third-order valence-corrected chi connectivity index (χ3v) is 1.86. The van der Waals surface area contributed by atoms with Crippen LogP contribution in [0.15, 0.2) is 17.5 Å². The predicted molar refractivity (Wildman–Crippen MR) is 43.1 cm³/mol. The molecule has 0 fully saturated rings. The number of thiophene rings is 1. The Morgan fingerprint density at radius 1 is 1.80 bits per heavy atom. The Hall–Kier alpha value is -0.830. The maximum atomic E-state index is 10.0. The fourth-order valence-corrected chi connectivity index (χ4v) is 1.31. The molecule has 53 valence electrons. The van der Waals surface area contributed by atoms with E-state index in [4.69, 9.17) is 0 Å². The number of hydrogen-bond donors (Lipinski definition) is 1.